The summed E-state index contributed by atoms with van der Waals surface area (Å²) >= 11 is 0. The largest absolute Gasteiger partial charge is 0.322 e. The Bertz CT molecular complexity index is 950. The summed E-state index contributed by atoms with van der Waals surface area (Å²) in [5.74, 6) is -1.46. The van der Waals surface area contributed by atoms with Gasteiger partial charge in [0.1, 0.15) is 11.6 Å². The van der Waals surface area contributed by atoms with Crippen LogP contribution in [0.25, 0.3) is 0 Å². The summed E-state index contributed by atoms with van der Waals surface area (Å²) in [5.41, 5.74) is 2.39. The van der Waals surface area contributed by atoms with Crippen LogP contribution in [-0.2, 0) is 0 Å². The van der Waals surface area contributed by atoms with E-state index in [0.717, 1.165) is 12.1 Å². The van der Waals surface area contributed by atoms with Crippen molar-refractivity contribution in [2.24, 2.45) is 0 Å². The number of hydrogen-bond donors (Lipinski definition) is 1. The summed E-state index contributed by atoms with van der Waals surface area (Å²) in [6, 6.07) is 23.5. The molecule has 30 heavy (non-hydrogen) atoms. The molecule has 0 aromatic heterocycles. The van der Waals surface area contributed by atoms with E-state index < -0.39 is 11.6 Å². The van der Waals surface area contributed by atoms with Crippen molar-refractivity contribution in [3.05, 3.63) is 102 Å². The number of urea groups is 1. The molecule has 0 radical (unpaired) electrons. The first kappa shape index (κ1) is 20.0. The molecule has 1 aliphatic heterocycles. The Labute approximate surface area is 174 Å². The van der Waals surface area contributed by atoms with Crippen LogP contribution in [0.4, 0.5) is 19.3 Å². The van der Waals surface area contributed by atoms with Gasteiger partial charge in [0.2, 0.25) is 0 Å². The van der Waals surface area contributed by atoms with Crippen molar-refractivity contribution < 1.29 is 13.6 Å². The molecule has 0 saturated carbocycles. The minimum absolute atomic E-state index is 0.0183. The molecule has 1 N–H and O–H groups in total. The molecule has 3 aromatic carbocycles. The first-order valence-electron chi connectivity index (χ1n) is 9.97. The van der Waals surface area contributed by atoms with Gasteiger partial charge in [0.25, 0.3) is 0 Å². The second-order valence-corrected chi connectivity index (χ2v) is 7.30. The molecule has 0 atom stereocenters. The number of amides is 2. The lowest BCUT2D eigenvalue weighted by molar-refractivity contribution is 0.126. The number of anilines is 1. The molecule has 1 aliphatic rings. The van der Waals surface area contributed by atoms with Gasteiger partial charge in [-0.15, -0.1) is 0 Å². The fraction of sp³-hybridized carbons (Fsp3) is 0.208. The van der Waals surface area contributed by atoms with E-state index in [-0.39, 0.29) is 17.8 Å². The summed E-state index contributed by atoms with van der Waals surface area (Å²) in [6.45, 7) is 2.41. The van der Waals surface area contributed by atoms with Gasteiger partial charge >= 0.3 is 6.03 Å². The number of carbonyl (C=O) groups is 1. The first-order valence-corrected chi connectivity index (χ1v) is 9.97. The van der Waals surface area contributed by atoms with Crippen LogP contribution in [0, 0.1) is 11.6 Å². The SMILES string of the molecule is O=C(Nc1ccc(F)cc1F)N1CCN(C(c2ccccc2)c2ccccc2)CC1. The molecule has 3 aromatic rings. The third kappa shape index (κ3) is 4.49. The third-order valence-corrected chi connectivity index (χ3v) is 5.37. The first-order chi connectivity index (χ1) is 14.6. The summed E-state index contributed by atoms with van der Waals surface area (Å²) in [6.07, 6.45) is 0. The number of piperazine rings is 1. The topological polar surface area (TPSA) is 35.6 Å². The van der Waals surface area contributed by atoms with Crippen molar-refractivity contribution in [2.75, 3.05) is 31.5 Å². The van der Waals surface area contributed by atoms with E-state index in [2.05, 4.69) is 34.5 Å². The Morgan fingerprint density at radius 2 is 1.37 bits per heavy atom. The number of nitrogens with zero attached hydrogens (tertiary/aromatic N) is 2. The highest BCUT2D eigenvalue weighted by Crippen LogP contribution is 2.29. The lowest BCUT2D eigenvalue weighted by Crippen LogP contribution is -2.51. The van der Waals surface area contributed by atoms with Crippen LogP contribution in [0.3, 0.4) is 0 Å². The molecule has 1 heterocycles. The molecule has 0 aliphatic carbocycles. The molecule has 0 spiro atoms. The van der Waals surface area contributed by atoms with Crippen LogP contribution in [-0.4, -0.2) is 42.0 Å². The lowest BCUT2D eigenvalue weighted by Gasteiger charge is -2.39. The van der Waals surface area contributed by atoms with Gasteiger partial charge in [-0.1, -0.05) is 60.7 Å². The van der Waals surface area contributed by atoms with E-state index in [1.165, 1.54) is 17.2 Å². The Hall–Kier alpha value is -3.25. The van der Waals surface area contributed by atoms with Crippen LogP contribution in [0.5, 0.6) is 0 Å². The normalized spacial score (nSPS) is 14.7. The zero-order valence-corrected chi connectivity index (χ0v) is 16.5. The number of hydrogen-bond acceptors (Lipinski definition) is 2. The third-order valence-electron chi connectivity index (χ3n) is 5.37. The van der Waals surface area contributed by atoms with E-state index in [9.17, 15) is 13.6 Å². The van der Waals surface area contributed by atoms with Crippen molar-refractivity contribution in [3.63, 3.8) is 0 Å². The maximum atomic E-state index is 13.8. The molecule has 0 bridgehead atoms. The zero-order chi connectivity index (χ0) is 20.9. The van der Waals surface area contributed by atoms with E-state index in [0.29, 0.717) is 26.2 Å². The molecule has 154 valence electrons. The Balaban J connectivity index is 1.45. The Morgan fingerprint density at radius 3 is 1.90 bits per heavy atom. The van der Waals surface area contributed by atoms with Gasteiger partial charge in [-0.3, -0.25) is 4.90 Å². The molecule has 6 heteroatoms. The predicted octanol–water partition coefficient (Wildman–Crippen LogP) is 4.90. The van der Waals surface area contributed by atoms with Crippen LogP contribution < -0.4 is 5.32 Å². The maximum Gasteiger partial charge on any atom is 0.322 e. The van der Waals surface area contributed by atoms with Crippen LogP contribution in [0.2, 0.25) is 0 Å². The molecule has 4 rings (SSSR count). The van der Waals surface area contributed by atoms with Crippen molar-refractivity contribution in [3.8, 4) is 0 Å². The van der Waals surface area contributed by atoms with Crippen molar-refractivity contribution in [1.29, 1.82) is 0 Å². The number of nitrogens with one attached hydrogen (secondary N) is 1. The summed E-state index contributed by atoms with van der Waals surface area (Å²) < 4.78 is 26.9. The molecule has 0 unspecified atom stereocenters. The minimum Gasteiger partial charge on any atom is -0.322 e. The lowest BCUT2D eigenvalue weighted by atomic mass is 9.96. The van der Waals surface area contributed by atoms with Gasteiger partial charge in [0.05, 0.1) is 11.7 Å². The molecule has 1 fully saturated rings. The highest BCUT2D eigenvalue weighted by Gasteiger charge is 2.28. The fourth-order valence-electron chi connectivity index (χ4n) is 3.85. The average molecular weight is 407 g/mol. The van der Waals surface area contributed by atoms with Crippen LogP contribution >= 0.6 is 0 Å². The van der Waals surface area contributed by atoms with Gasteiger partial charge in [-0.2, -0.15) is 0 Å². The molecular formula is C24H23F2N3O. The highest BCUT2D eigenvalue weighted by molar-refractivity contribution is 5.89. The quantitative estimate of drug-likeness (QED) is 0.668. The Morgan fingerprint density at radius 1 is 0.800 bits per heavy atom. The van der Waals surface area contributed by atoms with Crippen molar-refractivity contribution in [1.82, 2.24) is 9.80 Å². The second kappa shape index (κ2) is 9.05. The minimum atomic E-state index is -0.782. The number of rotatable bonds is 4. The molecule has 1 saturated heterocycles. The monoisotopic (exact) mass is 407 g/mol. The summed E-state index contributed by atoms with van der Waals surface area (Å²) in [7, 11) is 0. The van der Waals surface area contributed by atoms with Crippen LogP contribution in [0.15, 0.2) is 78.9 Å². The van der Waals surface area contributed by atoms with Gasteiger partial charge < -0.3 is 10.2 Å². The summed E-state index contributed by atoms with van der Waals surface area (Å²) in [5, 5.41) is 2.54. The summed E-state index contributed by atoms with van der Waals surface area (Å²) in [4.78, 5) is 16.6. The van der Waals surface area contributed by atoms with Crippen LogP contribution in [0.1, 0.15) is 17.2 Å². The Kier molecular flexibility index (Phi) is 6.05. The van der Waals surface area contributed by atoms with Gasteiger partial charge in [-0.25, -0.2) is 13.6 Å². The van der Waals surface area contributed by atoms with E-state index in [1.54, 1.807) is 4.90 Å². The molecule has 4 nitrogen and oxygen atoms in total. The van der Waals surface area contributed by atoms with Gasteiger partial charge in [-0.05, 0) is 23.3 Å². The molecular weight excluding hydrogens is 384 g/mol. The smallest absolute Gasteiger partial charge is 0.322 e. The van der Waals surface area contributed by atoms with E-state index in [1.807, 2.05) is 36.4 Å². The van der Waals surface area contributed by atoms with Crippen molar-refractivity contribution >= 4 is 11.7 Å². The van der Waals surface area contributed by atoms with Gasteiger partial charge in [0.15, 0.2) is 0 Å². The molecule has 2 amide bonds. The van der Waals surface area contributed by atoms with Gasteiger partial charge in [0, 0.05) is 32.2 Å². The number of benzene rings is 3. The maximum absolute atomic E-state index is 13.8. The van der Waals surface area contributed by atoms with Crippen molar-refractivity contribution in [2.45, 2.75) is 6.04 Å². The highest BCUT2D eigenvalue weighted by atomic mass is 19.1. The number of halogens is 2. The second-order valence-electron chi connectivity index (χ2n) is 7.30. The van der Waals surface area contributed by atoms with E-state index in [4.69, 9.17) is 0 Å². The zero-order valence-electron chi connectivity index (χ0n) is 16.5. The predicted molar refractivity (Wildman–Crippen MR) is 113 cm³/mol. The van der Waals surface area contributed by atoms with E-state index >= 15 is 0 Å². The average Bonchev–Trinajstić information content (AvgIpc) is 2.78. The standard InChI is InChI=1S/C24H23F2N3O/c25-20-11-12-22(21(26)17-20)27-24(30)29-15-13-28(14-16-29)23(18-7-3-1-4-8-18)19-9-5-2-6-10-19/h1-12,17,23H,13-16H2,(H,27,30). The number of carbonyl (C=O) groups excluding carboxylic acids is 1. The fourth-order valence-corrected chi connectivity index (χ4v) is 3.85.